The normalized spacial score (nSPS) is 16.1. The monoisotopic (exact) mass is 425 g/mol. The van der Waals surface area contributed by atoms with Crippen LogP contribution in [0.25, 0.3) is 10.2 Å². The minimum atomic E-state index is -0.130. The predicted molar refractivity (Wildman–Crippen MR) is 120 cm³/mol. The summed E-state index contributed by atoms with van der Waals surface area (Å²) in [5.41, 5.74) is 1.57. The molecule has 1 aliphatic carbocycles. The zero-order valence-electron chi connectivity index (χ0n) is 17.9. The van der Waals surface area contributed by atoms with Crippen molar-refractivity contribution < 1.29 is 9.53 Å². The predicted octanol–water partition coefficient (Wildman–Crippen LogP) is 3.54. The fraction of sp³-hybridized carbons (Fsp3) is 0.435. The number of benzene rings is 1. The summed E-state index contributed by atoms with van der Waals surface area (Å²) in [6.07, 6.45) is 2.99. The molecule has 0 spiro atoms. The zero-order valence-corrected chi connectivity index (χ0v) is 18.7. The molecule has 1 unspecified atom stereocenters. The molecule has 0 radical (unpaired) electrons. The number of carbonyl (C=O) groups is 1. The summed E-state index contributed by atoms with van der Waals surface area (Å²) >= 11 is 1.64. The summed E-state index contributed by atoms with van der Waals surface area (Å²) in [6, 6.07) is 7.04. The number of aromatic nitrogens is 2. The summed E-state index contributed by atoms with van der Waals surface area (Å²) in [4.78, 5) is 35.5. The van der Waals surface area contributed by atoms with Crippen molar-refractivity contribution >= 4 is 27.3 Å². The van der Waals surface area contributed by atoms with Gasteiger partial charge in [0.25, 0.3) is 5.56 Å². The number of fused-ring (bicyclic) bond motifs is 3. The highest BCUT2D eigenvalue weighted by Crippen LogP contribution is 2.35. The van der Waals surface area contributed by atoms with Gasteiger partial charge in [0.05, 0.1) is 25.6 Å². The van der Waals surface area contributed by atoms with E-state index in [0.717, 1.165) is 29.7 Å². The van der Waals surface area contributed by atoms with E-state index in [4.69, 9.17) is 9.72 Å². The van der Waals surface area contributed by atoms with E-state index in [-0.39, 0.29) is 17.9 Å². The molecule has 2 aromatic heterocycles. The maximum Gasteiger partial charge on any atom is 0.263 e. The minimum Gasteiger partial charge on any atom is -0.497 e. The summed E-state index contributed by atoms with van der Waals surface area (Å²) in [5, 5.41) is 0.711. The summed E-state index contributed by atoms with van der Waals surface area (Å²) in [6.45, 7) is 2.72. The van der Waals surface area contributed by atoms with Gasteiger partial charge in [-0.2, -0.15) is 0 Å². The second-order valence-corrected chi connectivity index (χ2v) is 9.43. The molecule has 0 aliphatic heterocycles. The van der Waals surface area contributed by atoms with Crippen LogP contribution in [0.15, 0.2) is 29.1 Å². The van der Waals surface area contributed by atoms with Gasteiger partial charge in [-0.1, -0.05) is 19.1 Å². The number of nitrogens with zero attached hydrogens (tertiary/aromatic N) is 3. The molecule has 2 heterocycles. The van der Waals surface area contributed by atoms with Gasteiger partial charge in [-0.15, -0.1) is 11.3 Å². The Morgan fingerprint density at radius 1 is 1.37 bits per heavy atom. The Balaban J connectivity index is 1.81. The molecule has 1 aromatic carbocycles. The van der Waals surface area contributed by atoms with Crippen LogP contribution in [0.1, 0.15) is 40.0 Å². The number of ether oxygens (including phenoxy) is 1. The van der Waals surface area contributed by atoms with Crippen LogP contribution in [0.5, 0.6) is 5.75 Å². The lowest BCUT2D eigenvalue weighted by atomic mass is 9.89. The van der Waals surface area contributed by atoms with Gasteiger partial charge in [0.1, 0.15) is 16.4 Å². The van der Waals surface area contributed by atoms with Gasteiger partial charge in [0, 0.05) is 10.4 Å². The van der Waals surface area contributed by atoms with E-state index in [9.17, 15) is 9.59 Å². The van der Waals surface area contributed by atoms with Crippen LogP contribution < -0.4 is 10.3 Å². The molecule has 3 aromatic rings. The fourth-order valence-electron chi connectivity index (χ4n) is 4.06. The SMILES string of the molecule is COc1cccc(C(=O)Cn2c(CN(C)C)nc3sc4c(c3c2=O)CCC(C)C4)c1. The average molecular weight is 426 g/mol. The first-order chi connectivity index (χ1) is 14.4. The second-order valence-electron chi connectivity index (χ2n) is 8.34. The maximum atomic E-state index is 13.6. The molecule has 0 amide bonds. The molecule has 0 saturated heterocycles. The Kier molecular flexibility index (Phi) is 5.75. The van der Waals surface area contributed by atoms with Crippen LogP contribution in [0.2, 0.25) is 0 Å². The number of aryl methyl sites for hydroxylation is 1. The number of Topliss-reactive ketones (excluding diaryl/α,β-unsaturated/α-hetero) is 1. The Labute approximate surface area is 180 Å². The third kappa shape index (κ3) is 3.91. The molecular weight excluding hydrogens is 398 g/mol. The fourth-order valence-corrected chi connectivity index (χ4v) is 5.46. The number of carbonyl (C=O) groups excluding carboxylic acids is 1. The lowest BCUT2D eigenvalue weighted by Crippen LogP contribution is -2.31. The lowest BCUT2D eigenvalue weighted by Gasteiger charge is -2.18. The van der Waals surface area contributed by atoms with Gasteiger partial charge in [0.15, 0.2) is 5.78 Å². The van der Waals surface area contributed by atoms with Crippen LogP contribution in [0.4, 0.5) is 0 Å². The largest absolute Gasteiger partial charge is 0.497 e. The zero-order chi connectivity index (χ0) is 21.4. The quantitative estimate of drug-likeness (QED) is 0.565. The highest BCUT2D eigenvalue weighted by Gasteiger charge is 2.25. The van der Waals surface area contributed by atoms with Crippen molar-refractivity contribution in [3.05, 3.63) is 56.4 Å². The highest BCUT2D eigenvalue weighted by atomic mass is 32.1. The van der Waals surface area contributed by atoms with Crippen molar-refractivity contribution in [3.8, 4) is 5.75 Å². The van der Waals surface area contributed by atoms with Gasteiger partial charge >= 0.3 is 0 Å². The molecule has 1 aliphatic rings. The highest BCUT2D eigenvalue weighted by molar-refractivity contribution is 7.18. The van der Waals surface area contributed by atoms with E-state index < -0.39 is 0 Å². The lowest BCUT2D eigenvalue weighted by molar-refractivity contribution is 0.0968. The van der Waals surface area contributed by atoms with Gasteiger partial charge in [-0.05, 0) is 57.0 Å². The topological polar surface area (TPSA) is 64.4 Å². The number of hydrogen-bond acceptors (Lipinski definition) is 6. The number of ketones is 1. The van der Waals surface area contributed by atoms with E-state index in [1.54, 1.807) is 47.3 Å². The smallest absolute Gasteiger partial charge is 0.263 e. The number of thiophene rings is 1. The van der Waals surface area contributed by atoms with Crippen LogP contribution in [0, 0.1) is 5.92 Å². The second kappa shape index (κ2) is 8.32. The van der Waals surface area contributed by atoms with Crippen molar-refractivity contribution in [1.82, 2.24) is 14.5 Å². The van der Waals surface area contributed by atoms with Crippen LogP contribution in [0.3, 0.4) is 0 Å². The molecule has 30 heavy (non-hydrogen) atoms. The summed E-state index contributed by atoms with van der Waals surface area (Å²) < 4.78 is 6.80. The molecule has 0 bridgehead atoms. The number of rotatable bonds is 6. The Morgan fingerprint density at radius 3 is 2.90 bits per heavy atom. The molecule has 0 N–H and O–H groups in total. The third-order valence-corrected chi connectivity index (χ3v) is 6.79. The molecule has 158 valence electrons. The van der Waals surface area contributed by atoms with E-state index in [1.807, 2.05) is 19.0 Å². The van der Waals surface area contributed by atoms with Gasteiger partial charge < -0.3 is 9.64 Å². The standard InChI is InChI=1S/C23H27N3O3S/c1-14-8-9-17-19(10-14)30-22-21(17)23(28)26(20(24-22)13-25(2)3)12-18(27)15-6-5-7-16(11-15)29-4/h5-7,11,14H,8-10,12-13H2,1-4H3. The van der Waals surface area contributed by atoms with Crippen molar-refractivity contribution in [3.63, 3.8) is 0 Å². The first-order valence-corrected chi connectivity index (χ1v) is 11.0. The van der Waals surface area contributed by atoms with Crippen LogP contribution >= 0.6 is 11.3 Å². The van der Waals surface area contributed by atoms with Crippen molar-refractivity contribution in [2.24, 2.45) is 5.92 Å². The van der Waals surface area contributed by atoms with Gasteiger partial charge in [-0.25, -0.2) is 4.98 Å². The van der Waals surface area contributed by atoms with Crippen molar-refractivity contribution in [1.29, 1.82) is 0 Å². The van der Waals surface area contributed by atoms with Crippen LogP contribution in [-0.4, -0.2) is 41.4 Å². The van der Waals surface area contributed by atoms with E-state index in [2.05, 4.69) is 6.92 Å². The number of methoxy groups -OCH3 is 1. The molecule has 1 atom stereocenters. The minimum absolute atomic E-state index is 0.0286. The van der Waals surface area contributed by atoms with Gasteiger partial charge in [-0.3, -0.25) is 14.2 Å². The third-order valence-electron chi connectivity index (χ3n) is 5.65. The molecule has 6 nitrogen and oxygen atoms in total. The van der Waals surface area contributed by atoms with E-state index in [1.165, 1.54) is 4.88 Å². The first-order valence-electron chi connectivity index (χ1n) is 10.2. The molecule has 0 fully saturated rings. The van der Waals surface area contributed by atoms with E-state index >= 15 is 0 Å². The average Bonchev–Trinajstić information content (AvgIpc) is 3.07. The Hall–Kier alpha value is -2.51. The van der Waals surface area contributed by atoms with Crippen molar-refractivity contribution in [2.45, 2.75) is 39.3 Å². The van der Waals surface area contributed by atoms with Crippen LogP contribution in [-0.2, 0) is 25.9 Å². The van der Waals surface area contributed by atoms with Gasteiger partial charge in [0.2, 0.25) is 0 Å². The molecule has 0 saturated carbocycles. The molecular formula is C23H27N3O3S. The van der Waals surface area contributed by atoms with Crippen molar-refractivity contribution in [2.75, 3.05) is 21.2 Å². The maximum absolute atomic E-state index is 13.6. The number of hydrogen-bond donors (Lipinski definition) is 0. The van der Waals surface area contributed by atoms with E-state index in [0.29, 0.717) is 35.0 Å². The Morgan fingerprint density at radius 2 is 2.17 bits per heavy atom. The Bertz CT molecular complexity index is 1160. The first kappa shape index (κ1) is 20.8. The molecule has 7 heteroatoms. The molecule has 4 rings (SSSR count). The summed E-state index contributed by atoms with van der Waals surface area (Å²) in [5.74, 6) is 1.75. The summed E-state index contributed by atoms with van der Waals surface area (Å²) in [7, 11) is 5.44.